The third-order valence-corrected chi connectivity index (χ3v) is 4.02. The summed E-state index contributed by atoms with van der Waals surface area (Å²) in [4.78, 5) is 6.72. The van der Waals surface area contributed by atoms with E-state index in [-0.39, 0.29) is 0 Å². The van der Waals surface area contributed by atoms with E-state index in [2.05, 4.69) is 22.0 Å². The Balaban J connectivity index is 1.86. The topological polar surface area (TPSA) is 25.4 Å². The van der Waals surface area contributed by atoms with Crippen molar-refractivity contribution in [3.63, 3.8) is 0 Å². The van der Waals surface area contributed by atoms with E-state index >= 15 is 0 Å². The smallest absolute Gasteiger partial charge is 0.0779 e. The van der Waals surface area contributed by atoms with Crippen LogP contribution in [0.1, 0.15) is 25.0 Å². The molecule has 1 aromatic rings. The molecule has 2 atom stereocenters. The molecule has 3 nitrogen and oxygen atoms in total. The van der Waals surface area contributed by atoms with E-state index < -0.39 is 0 Å². The molecule has 1 saturated carbocycles. The molecule has 1 aliphatic carbocycles. The van der Waals surface area contributed by atoms with Gasteiger partial charge in [0.05, 0.1) is 30.3 Å². The van der Waals surface area contributed by atoms with Gasteiger partial charge in [0, 0.05) is 18.4 Å². The molecule has 0 N–H and O–H groups in total. The lowest BCUT2D eigenvalue weighted by Crippen LogP contribution is -2.48. The standard InChI is InChI=1S/C13H17ClN2O/c14-9-10-8-11(4-5-15-10)16-6-7-17-13-3-1-2-12(13)16/h4-5,8,12-13H,1-3,6-7,9H2. The number of halogens is 1. The van der Waals surface area contributed by atoms with Crippen LogP contribution in [0, 0.1) is 0 Å². The van der Waals surface area contributed by atoms with Crippen LogP contribution in [-0.2, 0) is 10.6 Å². The summed E-state index contributed by atoms with van der Waals surface area (Å²) in [6, 6.07) is 4.74. The fraction of sp³-hybridized carbons (Fsp3) is 0.615. The largest absolute Gasteiger partial charge is 0.374 e. The Morgan fingerprint density at radius 1 is 1.47 bits per heavy atom. The quantitative estimate of drug-likeness (QED) is 0.757. The van der Waals surface area contributed by atoms with E-state index in [0.29, 0.717) is 18.0 Å². The number of aromatic nitrogens is 1. The van der Waals surface area contributed by atoms with Crippen molar-refractivity contribution in [3.8, 4) is 0 Å². The van der Waals surface area contributed by atoms with Gasteiger partial charge in [0.15, 0.2) is 0 Å². The molecule has 0 bridgehead atoms. The highest BCUT2D eigenvalue weighted by Crippen LogP contribution is 2.33. The van der Waals surface area contributed by atoms with Gasteiger partial charge in [-0.25, -0.2) is 0 Å². The molecular weight excluding hydrogens is 236 g/mol. The fourth-order valence-corrected chi connectivity index (χ4v) is 3.11. The van der Waals surface area contributed by atoms with Crippen LogP contribution in [0.15, 0.2) is 18.3 Å². The number of hydrogen-bond acceptors (Lipinski definition) is 3. The van der Waals surface area contributed by atoms with Crippen molar-refractivity contribution in [1.82, 2.24) is 4.98 Å². The summed E-state index contributed by atoms with van der Waals surface area (Å²) in [6.45, 7) is 1.81. The van der Waals surface area contributed by atoms with Crippen LogP contribution in [0.2, 0.25) is 0 Å². The maximum absolute atomic E-state index is 5.84. The molecule has 92 valence electrons. The SMILES string of the molecule is ClCc1cc(N2CCOC3CCCC32)ccn1. The molecule has 3 rings (SSSR count). The van der Waals surface area contributed by atoms with Crippen molar-refractivity contribution in [2.75, 3.05) is 18.1 Å². The van der Waals surface area contributed by atoms with Gasteiger partial charge in [0.25, 0.3) is 0 Å². The number of rotatable bonds is 2. The van der Waals surface area contributed by atoms with Crippen LogP contribution in [-0.4, -0.2) is 30.3 Å². The van der Waals surface area contributed by atoms with Crippen LogP contribution >= 0.6 is 11.6 Å². The van der Waals surface area contributed by atoms with Gasteiger partial charge < -0.3 is 9.64 Å². The molecule has 1 saturated heterocycles. The van der Waals surface area contributed by atoms with Crippen molar-refractivity contribution >= 4 is 17.3 Å². The van der Waals surface area contributed by atoms with Gasteiger partial charge in [0.1, 0.15) is 0 Å². The zero-order chi connectivity index (χ0) is 11.7. The molecule has 2 fully saturated rings. The second kappa shape index (κ2) is 4.83. The third kappa shape index (κ3) is 2.14. The van der Waals surface area contributed by atoms with Gasteiger partial charge in [-0.2, -0.15) is 0 Å². The predicted octanol–water partition coefficient (Wildman–Crippen LogP) is 2.58. The third-order valence-electron chi connectivity index (χ3n) is 3.75. The van der Waals surface area contributed by atoms with E-state index in [1.54, 1.807) is 0 Å². The number of fused-ring (bicyclic) bond motifs is 1. The lowest BCUT2D eigenvalue weighted by molar-refractivity contribution is 0.0256. The van der Waals surface area contributed by atoms with Crippen LogP contribution in [0.4, 0.5) is 5.69 Å². The van der Waals surface area contributed by atoms with Crippen molar-refractivity contribution in [2.45, 2.75) is 37.3 Å². The molecule has 17 heavy (non-hydrogen) atoms. The van der Waals surface area contributed by atoms with Gasteiger partial charge in [-0.3, -0.25) is 4.98 Å². The normalized spacial score (nSPS) is 28.2. The number of anilines is 1. The zero-order valence-electron chi connectivity index (χ0n) is 9.81. The molecule has 0 radical (unpaired) electrons. The van der Waals surface area contributed by atoms with Gasteiger partial charge in [-0.05, 0) is 31.4 Å². The highest BCUT2D eigenvalue weighted by atomic mass is 35.5. The maximum Gasteiger partial charge on any atom is 0.0779 e. The summed E-state index contributed by atoms with van der Waals surface area (Å²) in [6.07, 6.45) is 6.00. The Labute approximate surface area is 107 Å². The summed E-state index contributed by atoms with van der Waals surface area (Å²) in [5.41, 5.74) is 2.20. The minimum absolute atomic E-state index is 0.427. The monoisotopic (exact) mass is 252 g/mol. The summed E-state index contributed by atoms with van der Waals surface area (Å²) in [5.74, 6) is 0.478. The number of morpholine rings is 1. The Kier molecular flexibility index (Phi) is 3.21. The average Bonchev–Trinajstić information content (AvgIpc) is 2.87. The van der Waals surface area contributed by atoms with E-state index in [1.807, 2.05) is 6.20 Å². The highest BCUT2D eigenvalue weighted by Gasteiger charge is 2.36. The number of pyridine rings is 1. The van der Waals surface area contributed by atoms with Gasteiger partial charge in [0.2, 0.25) is 0 Å². The van der Waals surface area contributed by atoms with E-state index in [0.717, 1.165) is 18.8 Å². The Bertz CT molecular complexity index is 399. The lowest BCUT2D eigenvalue weighted by Gasteiger charge is -2.39. The molecule has 2 heterocycles. The first-order valence-electron chi connectivity index (χ1n) is 6.27. The molecule has 0 aromatic carbocycles. The van der Waals surface area contributed by atoms with Crippen LogP contribution in [0.3, 0.4) is 0 Å². The van der Waals surface area contributed by atoms with E-state index in [4.69, 9.17) is 16.3 Å². The molecular formula is C13H17ClN2O. The van der Waals surface area contributed by atoms with Crippen LogP contribution < -0.4 is 4.90 Å². The maximum atomic E-state index is 5.84. The number of hydrogen-bond donors (Lipinski definition) is 0. The molecule has 2 unspecified atom stereocenters. The van der Waals surface area contributed by atoms with Crippen LogP contribution in [0.5, 0.6) is 0 Å². The predicted molar refractivity (Wildman–Crippen MR) is 68.5 cm³/mol. The highest BCUT2D eigenvalue weighted by molar-refractivity contribution is 6.16. The molecule has 1 aliphatic heterocycles. The Hall–Kier alpha value is -0.800. The van der Waals surface area contributed by atoms with Crippen molar-refractivity contribution in [1.29, 1.82) is 0 Å². The summed E-state index contributed by atoms with van der Waals surface area (Å²) >= 11 is 5.84. The zero-order valence-corrected chi connectivity index (χ0v) is 10.6. The molecule has 1 aromatic heterocycles. The first kappa shape index (κ1) is 11.3. The van der Waals surface area contributed by atoms with E-state index in [1.165, 1.54) is 24.9 Å². The molecule has 4 heteroatoms. The molecule has 2 aliphatic rings. The van der Waals surface area contributed by atoms with Gasteiger partial charge >= 0.3 is 0 Å². The minimum Gasteiger partial charge on any atom is -0.374 e. The summed E-state index contributed by atoms with van der Waals surface area (Å²) < 4.78 is 5.83. The fourth-order valence-electron chi connectivity index (χ4n) is 2.96. The number of ether oxygens (including phenoxy) is 1. The second-order valence-corrected chi connectivity index (χ2v) is 5.01. The molecule has 0 spiro atoms. The van der Waals surface area contributed by atoms with Crippen molar-refractivity contribution < 1.29 is 4.74 Å². The van der Waals surface area contributed by atoms with E-state index in [9.17, 15) is 0 Å². The summed E-state index contributed by atoms with van der Waals surface area (Å²) in [7, 11) is 0. The first-order chi connectivity index (χ1) is 8.38. The Morgan fingerprint density at radius 3 is 3.29 bits per heavy atom. The number of alkyl halides is 1. The minimum atomic E-state index is 0.427. The first-order valence-corrected chi connectivity index (χ1v) is 6.81. The summed E-state index contributed by atoms with van der Waals surface area (Å²) in [5, 5.41) is 0. The average molecular weight is 253 g/mol. The van der Waals surface area contributed by atoms with Crippen LogP contribution in [0.25, 0.3) is 0 Å². The number of nitrogens with zero attached hydrogens (tertiary/aromatic N) is 2. The van der Waals surface area contributed by atoms with Gasteiger partial charge in [-0.15, -0.1) is 11.6 Å². The molecule has 0 amide bonds. The lowest BCUT2D eigenvalue weighted by atomic mass is 10.1. The second-order valence-electron chi connectivity index (χ2n) is 4.74. The van der Waals surface area contributed by atoms with Gasteiger partial charge in [-0.1, -0.05) is 0 Å². The van der Waals surface area contributed by atoms with Crippen molar-refractivity contribution in [3.05, 3.63) is 24.0 Å². The van der Waals surface area contributed by atoms with Crippen molar-refractivity contribution in [2.24, 2.45) is 0 Å². The Morgan fingerprint density at radius 2 is 2.41 bits per heavy atom.